The summed E-state index contributed by atoms with van der Waals surface area (Å²) in [6.07, 6.45) is 0. The maximum absolute atomic E-state index is 11.8. The standard InChI is InChI=1S/C13H15BN2O5/c1-20-11-4-3-9(7-10(11)14(18)19)8-16-13(17)6-5-12(15-16)21-2/h3-7,18-19H,8H2,1-2H3. The third-order valence-corrected chi connectivity index (χ3v) is 2.96. The van der Waals surface area contributed by atoms with Gasteiger partial charge in [-0.2, -0.15) is 0 Å². The van der Waals surface area contributed by atoms with Crippen molar-refractivity contribution in [3.8, 4) is 11.6 Å². The van der Waals surface area contributed by atoms with E-state index in [1.165, 1.54) is 31.0 Å². The number of methoxy groups -OCH3 is 2. The molecule has 0 bridgehead atoms. The number of ether oxygens (including phenoxy) is 2. The summed E-state index contributed by atoms with van der Waals surface area (Å²) in [5, 5.41) is 22.7. The van der Waals surface area contributed by atoms with E-state index in [1.54, 1.807) is 18.2 Å². The van der Waals surface area contributed by atoms with Gasteiger partial charge in [0.05, 0.1) is 20.8 Å². The molecule has 1 aromatic carbocycles. The van der Waals surface area contributed by atoms with Crippen LogP contribution in [0, 0.1) is 0 Å². The SMILES string of the molecule is COc1ccc(=O)n(Cc2ccc(OC)c(B(O)O)c2)n1. The summed E-state index contributed by atoms with van der Waals surface area (Å²) in [4.78, 5) is 11.8. The molecule has 2 aromatic rings. The van der Waals surface area contributed by atoms with Gasteiger partial charge in [-0.15, -0.1) is 5.10 Å². The molecule has 0 aliphatic heterocycles. The molecule has 0 aliphatic carbocycles. The van der Waals surface area contributed by atoms with Crippen molar-refractivity contribution in [1.29, 1.82) is 0 Å². The van der Waals surface area contributed by atoms with Crippen molar-refractivity contribution in [3.05, 3.63) is 46.2 Å². The van der Waals surface area contributed by atoms with Gasteiger partial charge < -0.3 is 19.5 Å². The first-order chi connectivity index (χ1) is 10.0. The molecule has 0 saturated carbocycles. The molecule has 0 atom stereocenters. The van der Waals surface area contributed by atoms with Crippen LogP contribution in [0.25, 0.3) is 0 Å². The highest BCUT2D eigenvalue weighted by atomic mass is 16.5. The van der Waals surface area contributed by atoms with E-state index in [2.05, 4.69) is 5.10 Å². The summed E-state index contributed by atoms with van der Waals surface area (Å²) in [7, 11) is 1.25. The first-order valence-electron chi connectivity index (χ1n) is 6.20. The first kappa shape index (κ1) is 15.1. The monoisotopic (exact) mass is 290 g/mol. The summed E-state index contributed by atoms with van der Waals surface area (Å²) in [5.41, 5.74) is 0.630. The molecule has 1 heterocycles. The van der Waals surface area contributed by atoms with E-state index < -0.39 is 7.12 Å². The zero-order valence-corrected chi connectivity index (χ0v) is 11.7. The fourth-order valence-corrected chi connectivity index (χ4v) is 1.91. The average Bonchev–Trinajstić information content (AvgIpc) is 2.49. The Morgan fingerprint density at radius 1 is 1.19 bits per heavy atom. The molecule has 110 valence electrons. The second kappa shape index (κ2) is 6.42. The highest BCUT2D eigenvalue weighted by molar-refractivity contribution is 6.59. The van der Waals surface area contributed by atoms with E-state index in [9.17, 15) is 14.8 Å². The van der Waals surface area contributed by atoms with Crippen LogP contribution in [0.2, 0.25) is 0 Å². The van der Waals surface area contributed by atoms with Gasteiger partial charge in [-0.3, -0.25) is 4.79 Å². The highest BCUT2D eigenvalue weighted by Gasteiger charge is 2.17. The minimum absolute atomic E-state index is 0.180. The minimum atomic E-state index is -1.66. The van der Waals surface area contributed by atoms with Gasteiger partial charge in [0, 0.05) is 17.6 Å². The summed E-state index contributed by atoms with van der Waals surface area (Å²) in [5.74, 6) is 0.685. The molecule has 21 heavy (non-hydrogen) atoms. The Hall–Kier alpha value is -2.32. The second-order valence-electron chi connectivity index (χ2n) is 4.32. The third-order valence-electron chi connectivity index (χ3n) is 2.96. The summed E-state index contributed by atoms with van der Waals surface area (Å²) in [6.45, 7) is 0.180. The fourth-order valence-electron chi connectivity index (χ4n) is 1.91. The maximum Gasteiger partial charge on any atom is 0.492 e. The van der Waals surface area contributed by atoms with Gasteiger partial charge in [0.2, 0.25) is 5.88 Å². The Balaban J connectivity index is 2.36. The predicted molar refractivity (Wildman–Crippen MR) is 77.0 cm³/mol. The zero-order chi connectivity index (χ0) is 15.4. The van der Waals surface area contributed by atoms with Crippen LogP contribution in [0.15, 0.2) is 35.1 Å². The Morgan fingerprint density at radius 2 is 1.95 bits per heavy atom. The van der Waals surface area contributed by atoms with Crippen LogP contribution in [0.4, 0.5) is 0 Å². The number of benzene rings is 1. The molecule has 7 nitrogen and oxygen atoms in total. The molecule has 8 heteroatoms. The lowest BCUT2D eigenvalue weighted by Crippen LogP contribution is -2.32. The van der Waals surface area contributed by atoms with Crippen molar-refractivity contribution in [3.63, 3.8) is 0 Å². The molecule has 0 fully saturated rings. The molecular formula is C13H15BN2O5. The van der Waals surface area contributed by atoms with Gasteiger partial charge in [0.25, 0.3) is 5.56 Å². The Bertz CT molecular complexity index is 687. The lowest BCUT2D eigenvalue weighted by molar-refractivity contribution is 0.378. The molecular weight excluding hydrogens is 275 g/mol. The Labute approximate surface area is 121 Å². The molecule has 2 N–H and O–H groups in total. The van der Waals surface area contributed by atoms with Crippen LogP contribution in [-0.4, -0.2) is 41.2 Å². The van der Waals surface area contributed by atoms with Crippen molar-refractivity contribution in [2.24, 2.45) is 0 Å². The highest BCUT2D eigenvalue weighted by Crippen LogP contribution is 2.11. The van der Waals surface area contributed by atoms with Crippen LogP contribution >= 0.6 is 0 Å². The quantitative estimate of drug-likeness (QED) is 0.685. The van der Waals surface area contributed by atoms with Gasteiger partial charge >= 0.3 is 7.12 Å². The number of hydrogen-bond donors (Lipinski definition) is 2. The number of nitrogens with zero attached hydrogens (tertiary/aromatic N) is 2. The molecule has 0 amide bonds. The summed E-state index contributed by atoms with van der Waals surface area (Å²) < 4.78 is 11.3. The predicted octanol–water partition coefficient (Wildman–Crippen LogP) is -1.01. The second-order valence-corrected chi connectivity index (χ2v) is 4.32. The molecule has 0 aliphatic rings. The van der Waals surface area contributed by atoms with Crippen molar-refractivity contribution in [2.75, 3.05) is 14.2 Å². The van der Waals surface area contributed by atoms with Crippen LogP contribution < -0.4 is 20.5 Å². The van der Waals surface area contributed by atoms with Crippen LogP contribution in [-0.2, 0) is 6.54 Å². The third kappa shape index (κ3) is 3.42. The zero-order valence-electron chi connectivity index (χ0n) is 11.7. The van der Waals surface area contributed by atoms with E-state index in [4.69, 9.17) is 9.47 Å². The molecule has 0 spiro atoms. The van der Waals surface area contributed by atoms with Crippen molar-refractivity contribution in [1.82, 2.24) is 9.78 Å². The average molecular weight is 290 g/mol. The fraction of sp³-hybridized carbons (Fsp3) is 0.231. The molecule has 0 unspecified atom stereocenters. The Kier molecular flexibility index (Phi) is 4.61. The van der Waals surface area contributed by atoms with Crippen molar-refractivity contribution in [2.45, 2.75) is 6.54 Å². The van der Waals surface area contributed by atoms with Crippen LogP contribution in [0.1, 0.15) is 5.56 Å². The van der Waals surface area contributed by atoms with Gasteiger partial charge in [-0.1, -0.05) is 12.1 Å². The van der Waals surface area contributed by atoms with Gasteiger partial charge in [0.1, 0.15) is 5.75 Å². The normalized spacial score (nSPS) is 10.3. The molecule has 0 saturated heterocycles. The van der Waals surface area contributed by atoms with Crippen LogP contribution in [0.3, 0.4) is 0 Å². The molecule has 2 rings (SSSR count). The van der Waals surface area contributed by atoms with Crippen molar-refractivity contribution < 1.29 is 19.5 Å². The van der Waals surface area contributed by atoms with E-state index >= 15 is 0 Å². The minimum Gasteiger partial charge on any atom is -0.497 e. The Morgan fingerprint density at radius 3 is 2.57 bits per heavy atom. The van der Waals surface area contributed by atoms with Crippen molar-refractivity contribution >= 4 is 12.6 Å². The number of rotatable bonds is 5. The summed E-state index contributed by atoms with van der Waals surface area (Å²) >= 11 is 0. The van der Waals surface area contributed by atoms with Gasteiger partial charge in [-0.25, -0.2) is 4.68 Å². The van der Waals surface area contributed by atoms with E-state index in [-0.39, 0.29) is 17.6 Å². The lowest BCUT2D eigenvalue weighted by atomic mass is 9.78. The van der Waals surface area contributed by atoms with E-state index in [0.717, 1.165) is 0 Å². The number of hydrogen-bond acceptors (Lipinski definition) is 6. The maximum atomic E-state index is 11.8. The smallest absolute Gasteiger partial charge is 0.492 e. The van der Waals surface area contributed by atoms with Gasteiger partial charge in [-0.05, 0) is 11.6 Å². The summed E-state index contributed by atoms with van der Waals surface area (Å²) in [6, 6.07) is 7.72. The molecule has 0 radical (unpaired) electrons. The van der Waals surface area contributed by atoms with Gasteiger partial charge in [0.15, 0.2) is 0 Å². The van der Waals surface area contributed by atoms with Crippen LogP contribution in [0.5, 0.6) is 11.6 Å². The molecule has 1 aromatic heterocycles. The topological polar surface area (TPSA) is 93.8 Å². The van der Waals surface area contributed by atoms with E-state index in [0.29, 0.717) is 17.2 Å². The van der Waals surface area contributed by atoms with E-state index in [1.807, 2.05) is 0 Å². The lowest BCUT2D eigenvalue weighted by Gasteiger charge is -2.11. The first-order valence-corrected chi connectivity index (χ1v) is 6.20. The number of aromatic nitrogens is 2. The largest absolute Gasteiger partial charge is 0.497 e.